The Bertz CT molecular complexity index is 627. The molecule has 2 aliphatic rings. The molecule has 6 heteroatoms. The quantitative estimate of drug-likeness (QED) is 0.837. The van der Waals surface area contributed by atoms with Crippen molar-refractivity contribution in [3.63, 3.8) is 0 Å². The number of benzene rings is 1. The third kappa shape index (κ3) is 3.17. The van der Waals surface area contributed by atoms with Crippen molar-refractivity contribution in [2.45, 2.75) is 44.8 Å². The molecule has 1 heterocycles. The van der Waals surface area contributed by atoms with E-state index in [4.69, 9.17) is 15.6 Å². The molecule has 1 aromatic carbocycles. The van der Waals surface area contributed by atoms with Gasteiger partial charge in [0, 0.05) is 12.6 Å². The maximum absolute atomic E-state index is 12.5. The number of rotatable bonds is 6. The van der Waals surface area contributed by atoms with Crippen molar-refractivity contribution in [3.05, 3.63) is 23.8 Å². The van der Waals surface area contributed by atoms with E-state index in [1.807, 2.05) is 25.1 Å². The number of nitrogens with zero attached hydrogens (tertiary/aromatic N) is 1. The van der Waals surface area contributed by atoms with E-state index >= 15 is 0 Å². The van der Waals surface area contributed by atoms with Gasteiger partial charge in [-0.05, 0) is 42.9 Å². The first kappa shape index (κ1) is 15.8. The van der Waals surface area contributed by atoms with Gasteiger partial charge in [-0.15, -0.1) is 0 Å². The van der Waals surface area contributed by atoms with Crippen LogP contribution in [0.4, 0.5) is 5.69 Å². The molecular formula is C17H22N2O4. The Morgan fingerprint density at radius 3 is 2.83 bits per heavy atom. The van der Waals surface area contributed by atoms with Gasteiger partial charge < -0.3 is 20.5 Å². The van der Waals surface area contributed by atoms with E-state index in [2.05, 4.69) is 0 Å². The molecule has 3 rings (SSSR count). The van der Waals surface area contributed by atoms with Crippen molar-refractivity contribution in [3.8, 4) is 5.75 Å². The SMILES string of the molecule is CCC1Oc2ccc(C(N)C3CC3)cc2N(CCC(=O)O)C1=O. The number of carboxylic acids is 1. The predicted octanol–water partition coefficient (Wildman–Crippen LogP) is 2.08. The highest BCUT2D eigenvalue weighted by atomic mass is 16.5. The number of anilines is 1. The number of hydrogen-bond acceptors (Lipinski definition) is 4. The number of carboxylic acid groups (broad SMARTS) is 1. The number of nitrogens with two attached hydrogens (primary N) is 1. The molecule has 0 radical (unpaired) electrons. The number of hydrogen-bond donors (Lipinski definition) is 2. The lowest BCUT2D eigenvalue weighted by atomic mass is 10.0. The van der Waals surface area contributed by atoms with E-state index in [0.717, 1.165) is 18.4 Å². The van der Waals surface area contributed by atoms with Crippen molar-refractivity contribution in [2.75, 3.05) is 11.4 Å². The Morgan fingerprint density at radius 2 is 2.22 bits per heavy atom. The highest BCUT2D eigenvalue weighted by Crippen LogP contribution is 2.42. The van der Waals surface area contributed by atoms with Crippen molar-refractivity contribution < 1.29 is 19.4 Å². The highest BCUT2D eigenvalue weighted by molar-refractivity contribution is 6.00. The van der Waals surface area contributed by atoms with Crippen LogP contribution < -0.4 is 15.4 Å². The summed E-state index contributed by atoms with van der Waals surface area (Å²) in [4.78, 5) is 25.0. The van der Waals surface area contributed by atoms with Crippen LogP contribution >= 0.6 is 0 Å². The normalized spacial score (nSPS) is 21.6. The average molecular weight is 318 g/mol. The standard InChI is InChI=1S/C17H22N2O4/c1-2-13-17(22)19(8-7-15(20)21)12-9-11(5-6-14(12)23-13)16(18)10-3-4-10/h5-6,9-10,13,16H,2-4,7-8,18H2,1H3,(H,20,21). The lowest BCUT2D eigenvalue weighted by Gasteiger charge is -2.34. The van der Waals surface area contributed by atoms with Gasteiger partial charge in [0.25, 0.3) is 5.91 Å². The Hall–Kier alpha value is -2.08. The molecule has 3 N–H and O–H groups in total. The molecule has 0 bridgehead atoms. The van der Waals surface area contributed by atoms with Crippen molar-refractivity contribution >= 4 is 17.6 Å². The molecular weight excluding hydrogens is 296 g/mol. The maximum atomic E-state index is 12.5. The fraction of sp³-hybridized carbons (Fsp3) is 0.529. The van der Waals surface area contributed by atoms with Crippen LogP contribution in [-0.4, -0.2) is 29.6 Å². The van der Waals surface area contributed by atoms with E-state index < -0.39 is 12.1 Å². The minimum absolute atomic E-state index is 0.0411. The van der Waals surface area contributed by atoms with Gasteiger partial charge in [-0.1, -0.05) is 13.0 Å². The van der Waals surface area contributed by atoms with Gasteiger partial charge in [-0.3, -0.25) is 9.59 Å². The molecule has 1 saturated carbocycles. The van der Waals surface area contributed by atoms with E-state index in [9.17, 15) is 9.59 Å². The van der Waals surface area contributed by atoms with Gasteiger partial charge in [-0.2, -0.15) is 0 Å². The minimum atomic E-state index is -0.926. The van der Waals surface area contributed by atoms with Gasteiger partial charge in [0.05, 0.1) is 12.1 Å². The van der Waals surface area contributed by atoms with Crippen LogP contribution in [0.1, 0.15) is 44.2 Å². The summed E-state index contributed by atoms with van der Waals surface area (Å²) in [7, 11) is 0. The fourth-order valence-electron chi connectivity index (χ4n) is 2.97. The summed E-state index contributed by atoms with van der Waals surface area (Å²) in [5.41, 5.74) is 7.85. The summed E-state index contributed by atoms with van der Waals surface area (Å²) in [6.07, 6.45) is 2.16. The minimum Gasteiger partial charge on any atom is -0.481 e. The number of carbonyl (C=O) groups is 2. The molecule has 2 unspecified atom stereocenters. The van der Waals surface area contributed by atoms with Crippen LogP contribution in [0.3, 0.4) is 0 Å². The fourth-order valence-corrected chi connectivity index (χ4v) is 2.97. The summed E-state index contributed by atoms with van der Waals surface area (Å²) in [6, 6.07) is 5.63. The highest BCUT2D eigenvalue weighted by Gasteiger charge is 2.35. The molecule has 0 saturated heterocycles. The lowest BCUT2D eigenvalue weighted by Crippen LogP contribution is -2.46. The smallest absolute Gasteiger partial charge is 0.305 e. The molecule has 1 amide bonds. The van der Waals surface area contributed by atoms with Gasteiger partial charge in [-0.25, -0.2) is 0 Å². The summed E-state index contributed by atoms with van der Waals surface area (Å²) < 4.78 is 5.76. The zero-order valence-corrected chi connectivity index (χ0v) is 13.2. The third-order valence-corrected chi connectivity index (χ3v) is 4.52. The van der Waals surface area contributed by atoms with Crippen LogP contribution in [0.15, 0.2) is 18.2 Å². The number of amides is 1. The first-order chi connectivity index (χ1) is 11.0. The molecule has 1 fully saturated rings. The maximum Gasteiger partial charge on any atom is 0.305 e. The Kier molecular flexibility index (Phi) is 4.26. The number of fused-ring (bicyclic) bond motifs is 1. The predicted molar refractivity (Wildman–Crippen MR) is 85.4 cm³/mol. The van der Waals surface area contributed by atoms with Crippen LogP contribution in [0.2, 0.25) is 0 Å². The molecule has 23 heavy (non-hydrogen) atoms. The summed E-state index contributed by atoms with van der Waals surface area (Å²) in [5.74, 6) is 0.0147. The van der Waals surface area contributed by atoms with E-state index in [-0.39, 0.29) is 24.9 Å². The average Bonchev–Trinajstić information content (AvgIpc) is 3.37. The summed E-state index contributed by atoms with van der Waals surface area (Å²) >= 11 is 0. The monoisotopic (exact) mass is 318 g/mol. The molecule has 1 aromatic rings. The zero-order valence-electron chi connectivity index (χ0n) is 13.2. The molecule has 6 nitrogen and oxygen atoms in total. The zero-order chi connectivity index (χ0) is 16.6. The van der Waals surface area contributed by atoms with Crippen molar-refractivity contribution in [2.24, 2.45) is 11.7 Å². The molecule has 1 aliphatic carbocycles. The lowest BCUT2D eigenvalue weighted by molar-refractivity contribution is -0.136. The number of aliphatic carboxylic acids is 1. The van der Waals surface area contributed by atoms with Gasteiger partial charge in [0.2, 0.25) is 0 Å². The molecule has 0 aromatic heterocycles. The van der Waals surface area contributed by atoms with E-state index in [0.29, 0.717) is 23.8 Å². The summed E-state index contributed by atoms with van der Waals surface area (Å²) in [5, 5.41) is 8.94. The Labute approximate surface area is 135 Å². The van der Waals surface area contributed by atoms with Gasteiger partial charge in [0.15, 0.2) is 6.10 Å². The van der Waals surface area contributed by atoms with Crippen molar-refractivity contribution in [1.82, 2.24) is 0 Å². The van der Waals surface area contributed by atoms with Crippen LogP contribution in [-0.2, 0) is 9.59 Å². The summed E-state index contributed by atoms with van der Waals surface area (Å²) in [6.45, 7) is 2.02. The van der Waals surface area contributed by atoms with E-state index in [1.54, 1.807) is 0 Å². The van der Waals surface area contributed by atoms with Gasteiger partial charge in [0.1, 0.15) is 5.75 Å². The second kappa shape index (κ2) is 6.20. The van der Waals surface area contributed by atoms with E-state index in [1.165, 1.54) is 4.90 Å². The largest absolute Gasteiger partial charge is 0.481 e. The first-order valence-electron chi connectivity index (χ1n) is 8.10. The second-order valence-corrected chi connectivity index (χ2v) is 6.24. The molecule has 124 valence electrons. The topological polar surface area (TPSA) is 92.9 Å². The van der Waals surface area contributed by atoms with Crippen LogP contribution in [0.5, 0.6) is 5.75 Å². The Morgan fingerprint density at radius 1 is 1.48 bits per heavy atom. The molecule has 2 atom stereocenters. The number of carbonyl (C=O) groups excluding carboxylic acids is 1. The van der Waals surface area contributed by atoms with Crippen LogP contribution in [0, 0.1) is 5.92 Å². The molecule has 1 aliphatic heterocycles. The Balaban J connectivity index is 1.92. The van der Waals surface area contributed by atoms with Crippen LogP contribution in [0.25, 0.3) is 0 Å². The van der Waals surface area contributed by atoms with Gasteiger partial charge >= 0.3 is 5.97 Å². The number of ether oxygens (including phenoxy) is 1. The third-order valence-electron chi connectivity index (χ3n) is 4.52. The molecule has 0 spiro atoms. The second-order valence-electron chi connectivity index (χ2n) is 6.24. The van der Waals surface area contributed by atoms with Crippen molar-refractivity contribution in [1.29, 1.82) is 0 Å². The first-order valence-corrected chi connectivity index (χ1v) is 8.10.